The number of thiazole rings is 1. The van der Waals surface area contributed by atoms with Crippen molar-refractivity contribution in [2.45, 2.75) is 45.1 Å². The molecule has 1 aromatic rings. The average molecular weight is 223 g/mol. The standard InChI is InChI=1S/C12H17NOS/c1-9-13-11(8-15-9)6-10-4-2-3-5-12(14)7-10/h7-8,12,14H,2-6H2,1H3. The summed E-state index contributed by atoms with van der Waals surface area (Å²) in [7, 11) is 0. The molecule has 82 valence electrons. The van der Waals surface area contributed by atoms with Gasteiger partial charge in [0.2, 0.25) is 0 Å². The Balaban J connectivity index is 2.04. The summed E-state index contributed by atoms with van der Waals surface area (Å²) in [6, 6.07) is 0. The van der Waals surface area contributed by atoms with E-state index in [1.54, 1.807) is 11.3 Å². The van der Waals surface area contributed by atoms with Gasteiger partial charge in [0, 0.05) is 11.8 Å². The van der Waals surface area contributed by atoms with E-state index in [4.69, 9.17) is 0 Å². The molecule has 0 radical (unpaired) electrons. The van der Waals surface area contributed by atoms with Crippen LogP contribution in [0.15, 0.2) is 17.0 Å². The number of nitrogens with zero attached hydrogens (tertiary/aromatic N) is 1. The lowest BCUT2D eigenvalue weighted by atomic mass is 10.1. The first-order chi connectivity index (χ1) is 7.24. The first-order valence-corrected chi connectivity index (χ1v) is 6.40. The van der Waals surface area contributed by atoms with Crippen LogP contribution in [0.1, 0.15) is 36.4 Å². The molecule has 0 aliphatic heterocycles. The Morgan fingerprint density at radius 2 is 2.40 bits per heavy atom. The van der Waals surface area contributed by atoms with Gasteiger partial charge >= 0.3 is 0 Å². The summed E-state index contributed by atoms with van der Waals surface area (Å²) >= 11 is 1.70. The van der Waals surface area contributed by atoms with E-state index in [9.17, 15) is 5.11 Å². The molecule has 1 aliphatic rings. The molecular formula is C12H17NOS. The number of aryl methyl sites for hydroxylation is 1. The van der Waals surface area contributed by atoms with Crippen LogP contribution in [0.25, 0.3) is 0 Å². The minimum absolute atomic E-state index is 0.234. The quantitative estimate of drug-likeness (QED) is 0.782. The molecule has 1 unspecified atom stereocenters. The van der Waals surface area contributed by atoms with Crippen molar-refractivity contribution < 1.29 is 5.11 Å². The minimum Gasteiger partial charge on any atom is -0.389 e. The highest BCUT2D eigenvalue weighted by Crippen LogP contribution is 2.21. The summed E-state index contributed by atoms with van der Waals surface area (Å²) in [5.74, 6) is 0. The van der Waals surface area contributed by atoms with Gasteiger partial charge in [-0.25, -0.2) is 4.98 Å². The molecule has 2 nitrogen and oxygen atoms in total. The molecule has 15 heavy (non-hydrogen) atoms. The smallest absolute Gasteiger partial charge is 0.0897 e. The Bertz CT molecular complexity index is 356. The van der Waals surface area contributed by atoms with Crippen molar-refractivity contribution in [3.63, 3.8) is 0 Å². The molecule has 0 saturated heterocycles. The monoisotopic (exact) mass is 223 g/mol. The van der Waals surface area contributed by atoms with Crippen LogP contribution >= 0.6 is 11.3 Å². The number of aliphatic hydroxyl groups excluding tert-OH is 1. The molecule has 0 aromatic carbocycles. The Labute approximate surface area is 94.7 Å². The highest BCUT2D eigenvalue weighted by Gasteiger charge is 2.10. The van der Waals surface area contributed by atoms with E-state index in [-0.39, 0.29) is 6.10 Å². The highest BCUT2D eigenvalue weighted by molar-refractivity contribution is 7.09. The van der Waals surface area contributed by atoms with E-state index >= 15 is 0 Å². The number of hydrogen-bond acceptors (Lipinski definition) is 3. The van der Waals surface area contributed by atoms with Crippen LogP contribution in [0, 0.1) is 6.92 Å². The van der Waals surface area contributed by atoms with Gasteiger partial charge in [-0.3, -0.25) is 0 Å². The molecule has 1 aromatic heterocycles. The van der Waals surface area contributed by atoms with Crippen LogP contribution in [0.2, 0.25) is 0 Å². The van der Waals surface area contributed by atoms with Gasteiger partial charge in [-0.1, -0.05) is 18.1 Å². The number of aliphatic hydroxyl groups is 1. The topological polar surface area (TPSA) is 33.1 Å². The average Bonchev–Trinajstić information content (AvgIpc) is 2.46. The maximum Gasteiger partial charge on any atom is 0.0897 e. The van der Waals surface area contributed by atoms with Crippen molar-refractivity contribution in [1.29, 1.82) is 0 Å². The lowest BCUT2D eigenvalue weighted by molar-refractivity contribution is 0.211. The molecule has 0 fully saturated rings. The Kier molecular flexibility index (Phi) is 3.54. The van der Waals surface area contributed by atoms with E-state index in [1.807, 2.05) is 13.0 Å². The SMILES string of the molecule is Cc1nc(CC2=CC(O)CCCC2)cs1. The van der Waals surface area contributed by atoms with Gasteiger partial charge in [0.25, 0.3) is 0 Å². The zero-order chi connectivity index (χ0) is 10.7. The van der Waals surface area contributed by atoms with Gasteiger partial charge in [-0.15, -0.1) is 11.3 Å². The molecule has 1 heterocycles. The van der Waals surface area contributed by atoms with Gasteiger partial charge in [0.05, 0.1) is 16.8 Å². The van der Waals surface area contributed by atoms with Crippen LogP contribution in [-0.4, -0.2) is 16.2 Å². The lowest BCUT2D eigenvalue weighted by Crippen LogP contribution is -2.01. The zero-order valence-corrected chi connectivity index (χ0v) is 9.89. The van der Waals surface area contributed by atoms with Crippen molar-refractivity contribution in [1.82, 2.24) is 4.98 Å². The molecule has 0 spiro atoms. The third-order valence-electron chi connectivity index (χ3n) is 2.75. The normalized spacial score (nSPS) is 22.3. The fourth-order valence-corrected chi connectivity index (χ4v) is 2.63. The summed E-state index contributed by atoms with van der Waals surface area (Å²) in [5.41, 5.74) is 2.50. The summed E-state index contributed by atoms with van der Waals surface area (Å²) < 4.78 is 0. The van der Waals surface area contributed by atoms with Gasteiger partial charge in [0.1, 0.15) is 0 Å². The van der Waals surface area contributed by atoms with Crippen molar-refractivity contribution in [2.24, 2.45) is 0 Å². The van der Waals surface area contributed by atoms with Crippen molar-refractivity contribution in [2.75, 3.05) is 0 Å². The first kappa shape index (κ1) is 10.8. The predicted octanol–water partition coefficient (Wildman–Crippen LogP) is 2.86. The summed E-state index contributed by atoms with van der Waals surface area (Å²) in [6.45, 7) is 2.03. The summed E-state index contributed by atoms with van der Waals surface area (Å²) in [5, 5.41) is 12.9. The van der Waals surface area contributed by atoms with Crippen LogP contribution < -0.4 is 0 Å². The van der Waals surface area contributed by atoms with Gasteiger partial charge in [-0.05, 0) is 26.2 Å². The van der Waals surface area contributed by atoms with E-state index in [1.165, 1.54) is 12.0 Å². The maximum absolute atomic E-state index is 9.65. The van der Waals surface area contributed by atoms with Crippen molar-refractivity contribution in [3.8, 4) is 0 Å². The van der Waals surface area contributed by atoms with Gasteiger partial charge < -0.3 is 5.11 Å². The summed E-state index contributed by atoms with van der Waals surface area (Å²) in [6.07, 6.45) is 7.08. The van der Waals surface area contributed by atoms with Crippen LogP contribution in [0.4, 0.5) is 0 Å². The molecule has 0 saturated carbocycles. The van der Waals surface area contributed by atoms with E-state index in [2.05, 4.69) is 10.4 Å². The molecule has 3 heteroatoms. The number of rotatable bonds is 2. The van der Waals surface area contributed by atoms with Gasteiger partial charge in [0.15, 0.2) is 0 Å². The number of aromatic nitrogens is 1. The number of allylic oxidation sites excluding steroid dienone is 1. The molecule has 1 aliphatic carbocycles. The first-order valence-electron chi connectivity index (χ1n) is 5.52. The lowest BCUT2D eigenvalue weighted by Gasteiger charge is -2.03. The van der Waals surface area contributed by atoms with Gasteiger partial charge in [-0.2, -0.15) is 0 Å². The molecular weight excluding hydrogens is 206 g/mol. The van der Waals surface area contributed by atoms with E-state index in [0.717, 1.165) is 36.4 Å². The molecule has 1 N–H and O–H groups in total. The largest absolute Gasteiger partial charge is 0.389 e. The van der Waals surface area contributed by atoms with Crippen LogP contribution in [-0.2, 0) is 6.42 Å². The number of hydrogen-bond donors (Lipinski definition) is 1. The highest BCUT2D eigenvalue weighted by atomic mass is 32.1. The van der Waals surface area contributed by atoms with Crippen LogP contribution in [0.3, 0.4) is 0 Å². The second kappa shape index (κ2) is 4.90. The fraction of sp³-hybridized carbons (Fsp3) is 0.583. The minimum atomic E-state index is -0.234. The fourth-order valence-electron chi connectivity index (χ4n) is 2.01. The van der Waals surface area contributed by atoms with Crippen molar-refractivity contribution >= 4 is 11.3 Å². The van der Waals surface area contributed by atoms with Crippen LogP contribution in [0.5, 0.6) is 0 Å². The third kappa shape index (κ3) is 3.14. The second-order valence-electron chi connectivity index (χ2n) is 4.17. The third-order valence-corrected chi connectivity index (χ3v) is 3.57. The Morgan fingerprint density at radius 3 is 3.13 bits per heavy atom. The van der Waals surface area contributed by atoms with E-state index in [0.29, 0.717) is 0 Å². The molecule has 0 bridgehead atoms. The maximum atomic E-state index is 9.65. The molecule has 0 amide bonds. The zero-order valence-electron chi connectivity index (χ0n) is 9.07. The summed E-state index contributed by atoms with van der Waals surface area (Å²) in [4.78, 5) is 4.46. The van der Waals surface area contributed by atoms with Crippen molar-refractivity contribution in [3.05, 3.63) is 27.7 Å². The Hall–Kier alpha value is -0.670. The predicted molar refractivity (Wildman–Crippen MR) is 63.1 cm³/mol. The molecule has 2 rings (SSSR count). The molecule has 1 atom stereocenters. The van der Waals surface area contributed by atoms with E-state index < -0.39 is 0 Å². The second-order valence-corrected chi connectivity index (χ2v) is 5.23. The Morgan fingerprint density at radius 1 is 1.53 bits per heavy atom.